The lowest BCUT2D eigenvalue weighted by Gasteiger charge is -2.44. The van der Waals surface area contributed by atoms with Gasteiger partial charge in [0.15, 0.2) is 0 Å². The number of sulfonamides is 1. The van der Waals surface area contributed by atoms with Crippen molar-refractivity contribution >= 4 is 15.9 Å². The highest BCUT2D eigenvalue weighted by Crippen LogP contribution is 2.29. The van der Waals surface area contributed by atoms with E-state index in [1.807, 2.05) is 4.90 Å². The maximum absolute atomic E-state index is 13.5. The molecule has 1 N–H and O–H groups in total. The van der Waals surface area contributed by atoms with Crippen molar-refractivity contribution in [3.8, 4) is 6.07 Å². The molecule has 31 heavy (non-hydrogen) atoms. The van der Waals surface area contributed by atoms with Gasteiger partial charge in [-0.25, -0.2) is 17.5 Å². The lowest BCUT2D eigenvalue weighted by molar-refractivity contribution is -0.139. The molecule has 7 nitrogen and oxygen atoms in total. The smallest absolute Gasteiger partial charge is 0.240 e. The fourth-order valence-electron chi connectivity index (χ4n) is 4.82. The Morgan fingerprint density at radius 3 is 2.32 bits per heavy atom. The van der Waals surface area contributed by atoms with E-state index in [0.717, 1.165) is 44.4 Å². The van der Waals surface area contributed by atoms with Gasteiger partial charge in [0.1, 0.15) is 11.9 Å². The minimum atomic E-state index is -3.85. The number of amides is 1. The Bertz CT molecular complexity index is 957. The third-order valence-corrected chi connectivity index (χ3v) is 8.50. The van der Waals surface area contributed by atoms with Gasteiger partial charge in [0.2, 0.25) is 15.9 Å². The number of nitriles is 1. The van der Waals surface area contributed by atoms with Crippen LogP contribution in [0.2, 0.25) is 0 Å². The molecule has 1 heterocycles. The van der Waals surface area contributed by atoms with Crippen LogP contribution in [0.25, 0.3) is 0 Å². The highest BCUT2D eigenvalue weighted by molar-refractivity contribution is 7.89. The Labute approximate surface area is 183 Å². The molecule has 0 aromatic heterocycles. The fraction of sp³-hybridized carbons (Fsp3) is 0.636. The van der Waals surface area contributed by atoms with Gasteiger partial charge in [-0.15, -0.1) is 0 Å². The van der Waals surface area contributed by atoms with E-state index in [1.54, 1.807) is 6.07 Å². The lowest BCUT2D eigenvalue weighted by Crippen LogP contribution is -2.54. The van der Waals surface area contributed by atoms with Gasteiger partial charge in [0, 0.05) is 44.2 Å². The number of piperazine rings is 1. The third kappa shape index (κ3) is 4.92. The average Bonchev–Trinajstić information content (AvgIpc) is 2.73. The summed E-state index contributed by atoms with van der Waals surface area (Å²) >= 11 is 0. The van der Waals surface area contributed by atoms with Crippen molar-refractivity contribution < 1.29 is 17.6 Å². The zero-order chi connectivity index (χ0) is 22.0. The summed E-state index contributed by atoms with van der Waals surface area (Å²) in [7, 11) is -3.85. The van der Waals surface area contributed by atoms with Crippen molar-refractivity contribution in [2.75, 3.05) is 26.2 Å². The minimum Gasteiger partial charge on any atom is -0.340 e. The van der Waals surface area contributed by atoms with Crippen LogP contribution in [0.4, 0.5) is 4.39 Å². The SMILES string of the molecule is N#Cc1cc(S(=O)(=O)NC2CCC(C(=O)N3CCN(C4CCC4)CC3)CC2)ccc1F. The standard InChI is InChI=1S/C22H29FN4O3S/c23-21-9-8-20(14-17(21)15-24)31(29,30)25-18-6-4-16(5-7-18)22(28)27-12-10-26(11-13-27)19-2-1-3-19/h8-9,14,16,18-19,25H,1-7,10-13H2. The molecule has 0 unspecified atom stereocenters. The summed E-state index contributed by atoms with van der Waals surface area (Å²) < 4.78 is 41.4. The van der Waals surface area contributed by atoms with Gasteiger partial charge in [0.25, 0.3) is 0 Å². The Morgan fingerprint density at radius 2 is 1.74 bits per heavy atom. The Balaban J connectivity index is 1.27. The van der Waals surface area contributed by atoms with Crippen LogP contribution < -0.4 is 4.72 Å². The van der Waals surface area contributed by atoms with Crippen molar-refractivity contribution in [2.45, 2.75) is 61.9 Å². The molecule has 0 atom stereocenters. The number of halogens is 1. The van der Waals surface area contributed by atoms with Gasteiger partial charge in [-0.1, -0.05) is 6.42 Å². The molecule has 3 aliphatic rings. The van der Waals surface area contributed by atoms with Gasteiger partial charge in [-0.05, 0) is 56.7 Å². The first-order valence-corrected chi connectivity index (χ1v) is 12.6. The van der Waals surface area contributed by atoms with E-state index >= 15 is 0 Å². The first-order valence-electron chi connectivity index (χ1n) is 11.1. The number of carbonyl (C=O) groups excluding carboxylic acids is 1. The summed E-state index contributed by atoms with van der Waals surface area (Å²) in [6.45, 7) is 3.48. The van der Waals surface area contributed by atoms with Crippen molar-refractivity contribution in [2.24, 2.45) is 5.92 Å². The minimum absolute atomic E-state index is 0.0491. The van der Waals surface area contributed by atoms with Gasteiger partial charge >= 0.3 is 0 Å². The number of nitrogens with one attached hydrogen (secondary N) is 1. The van der Waals surface area contributed by atoms with E-state index < -0.39 is 15.8 Å². The van der Waals surface area contributed by atoms with Gasteiger partial charge in [0.05, 0.1) is 10.5 Å². The second-order valence-corrected chi connectivity index (χ2v) is 10.6. The largest absolute Gasteiger partial charge is 0.340 e. The van der Waals surface area contributed by atoms with E-state index in [2.05, 4.69) is 9.62 Å². The average molecular weight is 449 g/mol. The van der Waals surface area contributed by atoms with E-state index in [-0.39, 0.29) is 28.3 Å². The maximum atomic E-state index is 13.5. The molecule has 1 saturated heterocycles. The number of nitrogens with zero attached hydrogens (tertiary/aromatic N) is 3. The van der Waals surface area contributed by atoms with E-state index in [1.165, 1.54) is 19.3 Å². The van der Waals surface area contributed by atoms with Crippen LogP contribution in [0.1, 0.15) is 50.5 Å². The molecule has 1 aromatic carbocycles. The van der Waals surface area contributed by atoms with Crippen molar-refractivity contribution in [1.29, 1.82) is 5.26 Å². The van der Waals surface area contributed by atoms with Crippen LogP contribution in [-0.2, 0) is 14.8 Å². The summed E-state index contributed by atoms with van der Waals surface area (Å²) in [5, 5.41) is 8.93. The third-order valence-electron chi connectivity index (χ3n) is 6.98. The molecule has 3 fully saturated rings. The van der Waals surface area contributed by atoms with Gasteiger partial charge in [-0.2, -0.15) is 5.26 Å². The summed E-state index contributed by atoms with van der Waals surface area (Å²) in [6.07, 6.45) is 6.36. The van der Waals surface area contributed by atoms with Crippen molar-refractivity contribution in [1.82, 2.24) is 14.5 Å². The topological polar surface area (TPSA) is 93.5 Å². The molecular weight excluding hydrogens is 419 g/mol. The predicted molar refractivity (Wildman–Crippen MR) is 113 cm³/mol. The lowest BCUT2D eigenvalue weighted by atomic mass is 9.85. The second-order valence-electron chi connectivity index (χ2n) is 8.87. The summed E-state index contributed by atoms with van der Waals surface area (Å²) in [5.41, 5.74) is -0.297. The molecule has 4 rings (SSSR count). The maximum Gasteiger partial charge on any atom is 0.240 e. The molecule has 2 aliphatic carbocycles. The molecular formula is C22H29FN4O3S. The zero-order valence-electron chi connectivity index (χ0n) is 17.6. The quantitative estimate of drug-likeness (QED) is 0.746. The second kappa shape index (κ2) is 9.23. The zero-order valence-corrected chi connectivity index (χ0v) is 18.4. The Kier molecular flexibility index (Phi) is 6.60. The summed E-state index contributed by atoms with van der Waals surface area (Å²) in [4.78, 5) is 17.3. The number of rotatable bonds is 5. The molecule has 0 bridgehead atoms. The monoisotopic (exact) mass is 448 g/mol. The van der Waals surface area contributed by atoms with Crippen LogP contribution in [-0.4, -0.2) is 62.4 Å². The molecule has 9 heteroatoms. The molecule has 0 radical (unpaired) electrons. The summed E-state index contributed by atoms with van der Waals surface area (Å²) in [6, 6.07) is 5.32. The Hall–Kier alpha value is -2.02. The van der Waals surface area contributed by atoms with Crippen LogP contribution in [0.15, 0.2) is 23.1 Å². The van der Waals surface area contributed by atoms with Crippen molar-refractivity contribution in [3.05, 3.63) is 29.6 Å². The summed E-state index contributed by atoms with van der Waals surface area (Å²) in [5.74, 6) is -0.590. The normalized spacial score (nSPS) is 25.6. The Morgan fingerprint density at radius 1 is 1.06 bits per heavy atom. The van der Waals surface area contributed by atoms with E-state index in [4.69, 9.17) is 5.26 Å². The van der Waals surface area contributed by atoms with Crippen LogP contribution >= 0.6 is 0 Å². The first-order chi connectivity index (χ1) is 14.9. The molecule has 168 valence electrons. The molecule has 1 aromatic rings. The highest BCUT2D eigenvalue weighted by Gasteiger charge is 2.34. The number of carbonyl (C=O) groups is 1. The molecule has 1 amide bonds. The molecule has 2 saturated carbocycles. The number of hydrogen-bond donors (Lipinski definition) is 1. The van der Waals surface area contributed by atoms with E-state index in [0.29, 0.717) is 31.7 Å². The molecule has 0 spiro atoms. The fourth-order valence-corrected chi connectivity index (χ4v) is 6.15. The van der Waals surface area contributed by atoms with Gasteiger partial charge < -0.3 is 4.90 Å². The van der Waals surface area contributed by atoms with Crippen molar-refractivity contribution in [3.63, 3.8) is 0 Å². The highest BCUT2D eigenvalue weighted by atomic mass is 32.2. The van der Waals surface area contributed by atoms with Crippen LogP contribution in [0.5, 0.6) is 0 Å². The number of benzene rings is 1. The predicted octanol–water partition coefficient (Wildman–Crippen LogP) is 2.23. The van der Waals surface area contributed by atoms with Crippen LogP contribution in [0, 0.1) is 23.1 Å². The number of hydrogen-bond acceptors (Lipinski definition) is 5. The van der Waals surface area contributed by atoms with Crippen LogP contribution in [0.3, 0.4) is 0 Å². The first kappa shape index (κ1) is 22.2. The van der Waals surface area contributed by atoms with Gasteiger partial charge in [-0.3, -0.25) is 9.69 Å². The van der Waals surface area contributed by atoms with E-state index in [9.17, 15) is 17.6 Å². The molecule has 1 aliphatic heterocycles.